The van der Waals surface area contributed by atoms with Gasteiger partial charge in [-0.2, -0.15) is 0 Å². The predicted molar refractivity (Wildman–Crippen MR) is 123 cm³/mol. The Balaban J connectivity index is 1.79. The fourth-order valence-corrected chi connectivity index (χ4v) is 4.91. The van der Waals surface area contributed by atoms with Gasteiger partial charge in [-0.1, -0.05) is 12.8 Å². The number of amides is 1. The zero-order valence-electron chi connectivity index (χ0n) is 18.1. The Hall–Kier alpha value is -2.15. The summed E-state index contributed by atoms with van der Waals surface area (Å²) in [6.07, 6.45) is 4.27. The number of alkyl carbamates (subject to hydrolysis) is 1. The second-order valence-electron chi connectivity index (χ2n) is 8.69. The van der Waals surface area contributed by atoms with Gasteiger partial charge in [-0.25, -0.2) is 4.79 Å². The molecule has 160 valence electrons. The molecule has 1 aliphatic rings. The van der Waals surface area contributed by atoms with Crippen LogP contribution in [0.4, 0.5) is 10.5 Å². The highest BCUT2D eigenvalue weighted by molar-refractivity contribution is 8.13. The number of rotatable bonds is 4. The number of piperidine rings is 1. The maximum atomic E-state index is 12.0. The van der Waals surface area contributed by atoms with Crippen molar-refractivity contribution >= 4 is 39.0 Å². The van der Waals surface area contributed by atoms with Crippen molar-refractivity contribution in [3.8, 4) is 5.75 Å². The van der Waals surface area contributed by atoms with Gasteiger partial charge in [0.25, 0.3) is 0 Å². The molecule has 3 rings (SSSR count). The molecule has 2 heterocycles. The van der Waals surface area contributed by atoms with Gasteiger partial charge in [0, 0.05) is 24.5 Å². The monoisotopic (exact) mass is 419 g/mol. The van der Waals surface area contributed by atoms with E-state index >= 15 is 0 Å². The van der Waals surface area contributed by atoms with Crippen LogP contribution in [0.2, 0.25) is 0 Å². The molecule has 1 aromatic carbocycles. The lowest BCUT2D eigenvalue weighted by Gasteiger charge is -2.34. The van der Waals surface area contributed by atoms with E-state index in [0.717, 1.165) is 54.0 Å². The van der Waals surface area contributed by atoms with E-state index in [-0.39, 0.29) is 28.4 Å². The van der Waals surface area contributed by atoms with Crippen LogP contribution in [-0.2, 0) is 11.2 Å². The average Bonchev–Trinajstić information content (AvgIpc) is 2.99. The van der Waals surface area contributed by atoms with E-state index in [1.54, 1.807) is 6.07 Å². The van der Waals surface area contributed by atoms with Crippen LogP contribution in [0, 0.1) is 0 Å². The van der Waals surface area contributed by atoms with Crippen molar-refractivity contribution in [3.05, 3.63) is 17.7 Å². The Bertz CT molecular complexity index is 922. The molecule has 1 unspecified atom stereocenters. The van der Waals surface area contributed by atoms with Crippen LogP contribution in [0.3, 0.4) is 0 Å². The van der Waals surface area contributed by atoms with E-state index in [1.165, 1.54) is 5.56 Å². The molecule has 0 bridgehead atoms. The second kappa shape index (κ2) is 8.30. The van der Waals surface area contributed by atoms with Crippen LogP contribution in [0.15, 0.2) is 17.2 Å². The lowest BCUT2D eigenvalue weighted by Crippen LogP contribution is -2.46. The first-order valence-corrected chi connectivity index (χ1v) is 12.0. The molecule has 1 atom stereocenters. The molecule has 1 fully saturated rings. The van der Waals surface area contributed by atoms with Crippen molar-refractivity contribution in [2.24, 2.45) is 0 Å². The summed E-state index contributed by atoms with van der Waals surface area (Å²) in [6.45, 7) is 9.25. The molecule has 29 heavy (non-hydrogen) atoms. The summed E-state index contributed by atoms with van der Waals surface area (Å²) in [4.78, 5) is 17.8. The van der Waals surface area contributed by atoms with Gasteiger partial charge in [-0.15, -0.1) is 10.5 Å². The van der Waals surface area contributed by atoms with Gasteiger partial charge in [0.2, 0.25) is 0 Å². The van der Waals surface area contributed by atoms with Crippen LogP contribution in [0.25, 0.3) is 10.9 Å². The number of phenols is 1. The number of H-pyrrole nitrogens is 1. The minimum atomic E-state index is -0.500. The van der Waals surface area contributed by atoms with E-state index in [2.05, 4.69) is 34.3 Å². The van der Waals surface area contributed by atoms with Crippen molar-refractivity contribution < 1.29 is 14.6 Å². The third-order valence-electron chi connectivity index (χ3n) is 5.23. The summed E-state index contributed by atoms with van der Waals surface area (Å²) in [5, 5.41) is 15.9. The number of fused-ring (bicyclic) bond motifs is 1. The molecule has 1 amide bonds. The molecule has 6 nitrogen and oxygen atoms in total. The number of carbonyl (C=O) groups is 1. The Morgan fingerprint density at radius 2 is 2.03 bits per heavy atom. The molecule has 7 heteroatoms. The molecular formula is C22H33N3O3S. The van der Waals surface area contributed by atoms with Gasteiger partial charge in [-0.3, -0.25) is 0 Å². The van der Waals surface area contributed by atoms with E-state index in [9.17, 15) is 9.90 Å². The molecule has 3 N–H and O–H groups in total. The Morgan fingerprint density at radius 3 is 2.59 bits per heavy atom. The number of nitrogens with zero attached hydrogens (tertiary/aromatic N) is 1. The number of ether oxygens (including phenoxy) is 1. The van der Waals surface area contributed by atoms with Crippen molar-refractivity contribution in [1.82, 2.24) is 10.3 Å². The predicted octanol–water partition coefficient (Wildman–Crippen LogP) is 4.62. The Labute approximate surface area is 175 Å². The minimum absolute atomic E-state index is 0.0780. The van der Waals surface area contributed by atoms with Crippen molar-refractivity contribution in [2.75, 3.05) is 24.2 Å². The molecule has 0 saturated carbocycles. The van der Waals surface area contributed by atoms with Gasteiger partial charge in [-0.05, 0) is 64.0 Å². The number of hydrogen-bond acceptors (Lipinski definition) is 4. The number of carbonyl (C=O) groups excluding carboxylic acids is 1. The van der Waals surface area contributed by atoms with Crippen molar-refractivity contribution in [1.29, 1.82) is 0 Å². The first-order chi connectivity index (χ1) is 13.6. The van der Waals surface area contributed by atoms with E-state index in [1.807, 2.05) is 26.8 Å². The third kappa shape index (κ3) is 4.71. The standard InChI is InChI=1S/C22H33N3O3S/c1-7-15-16-8-9-17(26)19(18(16)24-20(15)29(5)6)25-12-10-14(11-13-25)23-21(27)28-22(2,3)4/h8-9,14,24,26H,5,7,10-13H2,1-4,6H3,(H,23,27). The van der Waals surface area contributed by atoms with Crippen LogP contribution in [0.5, 0.6) is 5.75 Å². The lowest BCUT2D eigenvalue weighted by atomic mass is 10.0. The maximum absolute atomic E-state index is 12.0. The fraction of sp³-hybridized carbons (Fsp3) is 0.545. The van der Waals surface area contributed by atoms with Crippen molar-refractivity contribution in [3.63, 3.8) is 0 Å². The number of phenolic OH excluding ortho intramolecular Hbond substituents is 1. The summed E-state index contributed by atoms with van der Waals surface area (Å²) in [6, 6.07) is 3.86. The number of hydrogen-bond donors (Lipinski definition) is 3. The van der Waals surface area contributed by atoms with Gasteiger partial charge in [0.05, 0.1) is 10.5 Å². The number of aromatic hydroxyl groups is 1. The third-order valence-corrected chi connectivity index (χ3v) is 6.27. The van der Waals surface area contributed by atoms with Crippen LogP contribution in [-0.4, -0.2) is 53.0 Å². The first kappa shape index (κ1) is 21.6. The highest BCUT2D eigenvalue weighted by Gasteiger charge is 2.27. The maximum Gasteiger partial charge on any atom is 0.407 e. The summed E-state index contributed by atoms with van der Waals surface area (Å²) >= 11 is 0. The quantitative estimate of drug-likeness (QED) is 0.632. The van der Waals surface area contributed by atoms with Crippen LogP contribution < -0.4 is 10.2 Å². The SMILES string of the molecule is C=S(C)c1[nH]c2c(N3CCC(NC(=O)OC(C)(C)C)CC3)c(O)ccc2c1CC. The first-order valence-electron chi connectivity index (χ1n) is 10.2. The lowest BCUT2D eigenvalue weighted by molar-refractivity contribution is 0.0497. The molecule has 0 spiro atoms. The summed E-state index contributed by atoms with van der Waals surface area (Å²) in [7, 11) is -0.131. The zero-order chi connectivity index (χ0) is 21.3. The molecule has 0 radical (unpaired) electrons. The Morgan fingerprint density at radius 1 is 1.38 bits per heavy atom. The fourth-order valence-electron chi connectivity index (χ4n) is 3.96. The number of aryl methyl sites for hydroxylation is 1. The molecule has 1 saturated heterocycles. The summed E-state index contributed by atoms with van der Waals surface area (Å²) in [5.74, 6) is 4.49. The number of nitrogens with one attached hydrogen (secondary N) is 2. The van der Waals surface area contributed by atoms with Crippen LogP contribution >= 0.6 is 10.5 Å². The minimum Gasteiger partial charge on any atom is -0.506 e. The van der Waals surface area contributed by atoms with Crippen LogP contribution in [0.1, 0.15) is 46.1 Å². The second-order valence-corrected chi connectivity index (χ2v) is 10.4. The van der Waals surface area contributed by atoms with E-state index in [0.29, 0.717) is 0 Å². The van der Waals surface area contributed by atoms with Gasteiger partial charge >= 0.3 is 6.09 Å². The number of benzene rings is 1. The van der Waals surface area contributed by atoms with E-state index < -0.39 is 5.60 Å². The highest BCUT2D eigenvalue weighted by Crippen LogP contribution is 2.41. The highest BCUT2D eigenvalue weighted by atomic mass is 32.2. The summed E-state index contributed by atoms with van der Waals surface area (Å²) in [5.41, 5.74) is 2.62. The van der Waals surface area contributed by atoms with Gasteiger partial charge in [0.1, 0.15) is 17.0 Å². The smallest absolute Gasteiger partial charge is 0.407 e. The molecule has 0 aliphatic carbocycles. The zero-order valence-corrected chi connectivity index (χ0v) is 18.9. The molecule has 1 aromatic heterocycles. The molecule has 2 aromatic rings. The van der Waals surface area contributed by atoms with Gasteiger partial charge < -0.3 is 25.0 Å². The Kier molecular flexibility index (Phi) is 6.17. The molecule has 1 aliphatic heterocycles. The number of aromatic nitrogens is 1. The normalized spacial score (nSPS) is 16.8. The number of aromatic amines is 1. The number of anilines is 1. The van der Waals surface area contributed by atoms with Gasteiger partial charge in [0.15, 0.2) is 0 Å². The molecular weight excluding hydrogens is 386 g/mol. The average molecular weight is 420 g/mol. The topological polar surface area (TPSA) is 77.6 Å². The summed E-state index contributed by atoms with van der Waals surface area (Å²) < 4.78 is 5.37. The van der Waals surface area contributed by atoms with E-state index in [4.69, 9.17) is 4.74 Å². The van der Waals surface area contributed by atoms with Crippen molar-refractivity contribution in [2.45, 2.75) is 63.6 Å². The largest absolute Gasteiger partial charge is 0.506 e.